The zero-order valence-electron chi connectivity index (χ0n) is 18.0. The summed E-state index contributed by atoms with van der Waals surface area (Å²) >= 11 is 6.08. The number of pyridine rings is 1. The molecule has 1 aromatic carbocycles. The highest BCUT2D eigenvalue weighted by molar-refractivity contribution is 7.11. The van der Waals surface area contributed by atoms with E-state index in [-0.39, 0.29) is 16.4 Å². The number of nitrogens with one attached hydrogen (secondary N) is 3. The average molecular weight is 529 g/mol. The molecule has 35 heavy (non-hydrogen) atoms. The second kappa shape index (κ2) is 12.2. The fourth-order valence-electron chi connectivity index (χ4n) is 2.86. The molecule has 0 aliphatic carbocycles. The summed E-state index contributed by atoms with van der Waals surface area (Å²) in [5.41, 5.74) is 5.26. The predicted molar refractivity (Wildman–Crippen MR) is 125 cm³/mol. The Bertz CT molecular complexity index is 1200. The number of nitrogens with two attached hydrogens (primary N) is 1. The molecular formula is C21H20ClF3N6O3S. The number of aromatic nitrogens is 2. The van der Waals surface area contributed by atoms with Crippen molar-refractivity contribution >= 4 is 45.8 Å². The number of hydrogen-bond donors (Lipinski definition) is 4. The summed E-state index contributed by atoms with van der Waals surface area (Å²) in [7, 11) is 0. The zero-order chi connectivity index (χ0) is 25.4. The summed E-state index contributed by atoms with van der Waals surface area (Å²) in [6.45, 7) is 0.265. The molecule has 0 radical (unpaired) electrons. The second-order valence-corrected chi connectivity index (χ2v) is 8.22. The Kier molecular flexibility index (Phi) is 9.09. The van der Waals surface area contributed by atoms with Crippen LogP contribution in [0, 0.1) is 17.5 Å². The van der Waals surface area contributed by atoms with Crippen molar-refractivity contribution in [2.24, 2.45) is 5.73 Å². The van der Waals surface area contributed by atoms with E-state index < -0.39 is 46.6 Å². The SMILES string of the molecule is NC(=O)c1c(OCc2c(F)cc(Cl)c(F)c2F)nsc1NC(=O)NCCCCNc1ccncc1. The number of urea groups is 1. The van der Waals surface area contributed by atoms with Gasteiger partial charge in [-0.05, 0) is 42.6 Å². The number of nitrogens with zero attached hydrogens (tertiary/aromatic N) is 2. The monoisotopic (exact) mass is 528 g/mol. The molecule has 0 fully saturated rings. The van der Waals surface area contributed by atoms with Crippen molar-refractivity contribution in [3.05, 3.63) is 64.2 Å². The van der Waals surface area contributed by atoms with Gasteiger partial charge in [-0.15, -0.1) is 0 Å². The van der Waals surface area contributed by atoms with E-state index in [0.717, 1.165) is 12.1 Å². The van der Waals surface area contributed by atoms with Crippen LogP contribution in [0.25, 0.3) is 0 Å². The number of carbonyl (C=O) groups is 2. The van der Waals surface area contributed by atoms with Crippen LogP contribution in [0.2, 0.25) is 5.02 Å². The van der Waals surface area contributed by atoms with Crippen molar-refractivity contribution in [3.63, 3.8) is 0 Å². The molecule has 9 nitrogen and oxygen atoms in total. The van der Waals surface area contributed by atoms with Crippen molar-refractivity contribution < 1.29 is 27.5 Å². The minimum absolute atomic E-state index is 0.0208. The number of rotatable bonds is 11. The number of halogens is 4. The first-order valence-electron chi connectivity index (χ1n) is 10.2. The maximum atomic E-state index is 14.0. The van der Waals surface area contributed by atoms with Gasteiger partial charge in [0.1, 0.15) is 23.0 Å². The minimum atomic E-state index is -1.53. The van der Waals surface area contributed by atoms with E-state index in [4.69, 9.17) is 22.1 Å². The Morgan fingerprint density at radius 3 is 2.54 bits per heavy atom. The first-order chi connectivity index (χ1) is 16.8. The lowest BCUT2D eigenvalue weighted by atomic mass is 10.2. The van der Waals surface area contributed by atoms with Crippen LogP contribution < -0.4 is 26.4 Å². The molecule has 3 amide bonds. The molecule has 2 aromatic heterocycles. The summed E-state index contributed by atoms with van der Waals surface area (Å²) in [6.07, 6.45) is 4.82. The van der Waals surface area contributed by atoms with Crippen LogP contribution in [0.5, 0.6) is 5.88 Å². The highest BCUT2D eigenvalue weighted by Crippen LogP contribution is 2.31. The molecule has 0 spiro atoms. The normalized spacial score (nSPS) is 10.6. The maximum absolute atomic E-state index is 14.0. The summed E-state index contributed by atoms with van der Waals surface area (Å²) < 4.78 is 50.6. The van der Waals surface area contributed by atoms with Gasteiger partial charge in [0.25, 0.3) is 5.91 Å². The van der Waals surface area contributed by atoms with Gasteiger partial charge < -0.3 is 21.1 Å². The Morgan fingerprint density at radius 1 is 1.11 bits per heavy atom. The van der Waals surface area contributed by atoms with Gasteiger partial charge in [-0.2, -0.15) is 4.37 Å². The molecule has 0 bridgehead atoms. The largest absolute Gasteiger partial charge is 0.471 e. The second-order valence-electron chi connectivity index (χ2n) is 7.04. The van der Waals surface area contributed by atoms with E-state index in [2.05, 4.69) is 25.3 Å². The topological polar surface area (TPSA) is 131 Å². The quantitative estimate of drug-likeness (QED) is 0.167. The third-order valence-corrected chi connectivity index (χ3v) is 5.62. The van der Waals surface area contributed by atoms with Crippen LogP contribution in [0.3, 0.4) is 0 Å². The van der Waals surface area contributed by atoms with Crippen LogP contribution in [0.1, 0.15) is 28.8 Å². The number of anilines is 2. The highest BCUT2D eigenvalue weighted by atomic mass is 35.5. The molecule has 0 atom stereocenters. The molecule has 3 rings (SSSR count). The third kappa shape index (κ3) is 6.96. The van der Waals surface area contributed by atoms with E-state index in [0.29, 0.717) is 37.1 Å². The first-order valence-corrected chi connectivity index (χ1v) is 11.4. The van der Waals surface area contributed by atoms with Crippen LogP contribution in [-0.2, 0) is 6.61 Å². The molecule has 14 heteroatoms. The molecule has 186 valence electrons. The summed E-state index contributed by atoms with van der Waals surface area (Å²) in [4.78, 5) is 28.0. The van der Waals surface area contributed by atoms with Crippen molar-refractivity contribution in [3.8, 4) is 5.88 Å². The van der Waals surface area contributed by atoms with Crippen LogP contribution in [0.15, 0.2) is 30.6 Å². The molecule has 0 aliphatic rings. The van der Waals surface area contributed by atoms with Gasteiger partial charge in [-0.3, -0.25) is 15.1 Å². The van der Waals surface area contributed by atoms with Gasteiger partial charge in [0.15, 0.2) is 11.6 Å². The number of amides is 3. The van der Waals surface area contributed by atoms with Crippen molar-refractivity contribution in [1.29, 1.82) is 0 Å². The lowest BCUT2D eigenvalue weighted by Gasteiger charge is -2.10. The fourth-order valence-corrected chi connectivity index (χ4v) is 3.77. The lowest BCUT2D eigenvalue weighted by molar-refractivity contribution is 0.0996. The van der Waals surface area contributed by atoms with Crippen LogP contribution in [0.4, 0.5) is 28.7 Å². The Morgan fingerprint density at radius 2 is 1.83 bits per heavy atom. The smallest absolute Gasteiger partial charge is 0.319 e. The predicted octanol–water partition coefficient (Wildman–Crippen LogP) is 4.30. The molecule has 3 aromatic rings. The minimum Gasteiger partial charge on any atom is -0.471 e. The van der Waals surface area contributed by atoms with E-state index in [1.807, 2.05) is 12.1 Å². The van der Waals surface area contributed by atoms with Gasteiger partial charge in [-0.1, -0.05) is 11.6 Å². The standard InChI is InChI=1S/C21H20ClF3N6O3S/c22-13-9-14(23)12(16(24)17(13)25)10-34-19-15(18(26)32)20(35-31-19)30-21(33)29-6-2-1-5-28-11-3-7-27-8-4-11/h3-4,7-9H,1-2,5-6,10H2,(H2,26,32)(H,27,28)(H2,29,30,33). The van der Waals surface area contributed by atoms with Crippen molar-refractivity contribution in [1.82, 2.24) is 14.7 Å². The Labute approximate surface area is 207 Å². The van der Waals surface area contributed by atoms with Crippen LogP contribution >= 0.6 is 23.1 Å². The number of ether oxygens (including phenoxy) is 1. The van der Waals surface area contributed by atoms with E-state index in [9.17, 15) is 22.8 Å². The van der Waals surface area contributed by atoms with Crippen molar-refractivity contribution in [2.75, 3.05) is 23.7 Å². The fraction of sp³-hybridized carbons (Fsp3) is 0.238. The summed E-state index contributed by atoms with van der Waals surface area (Å²) in [5.74, 6) is -5.46. The Balaban J connectivity index is 1.51. The molecular weight excluding hydrogens is 509 g/mol. The molecule has 0 aliphatic heterocycles. The lowest BCUT2D eigenvalue weighted by Crippen LogP contribution is -2.30. The molecule has 2 heterocycles. The zero-order valence-corrected chi connectivity index (χ0v) is 19.6. The summed E-state index contributed by atoms with van der Waals surface area (Å²) in [6, 6.07) is 3.67. The average Bonchev–Trinajstić information content (AvgIpc) is 3.23. The number of unbranched alkanes of at least 4 members (excludes halogenated alkanes) is 1. The van der Waals surface area contributed by atoms with E-state index in [1.165, 1.54) is 0 Å². The number of primary amides is 1. The van der Waals surface area contributed by atoms with Crippen molar-refractivity contribution in [2.45, 2.75) is 19.4 Å². The van der Waals surface area contributed by atoms with Gasteiger partial charge in [0.05, 0.1) is 10.6 Å². The Hall–Kier alpha value is -3.58. The van der Waals surface area contributed by atoms with Crippen LogP contribution in [-0.4, -0.2) is 34.4 Å². The van der Waals surface area contributed by atoms with Gasteiger partial charge in [0.2, 0.25) is 5.88 Å². The van der Waals surface area contributed by atoms with E-state index >= 15 is 0 Å². The first kappa shape index (κ1) is 26.0. The molecule has 5 N–H and O–H groups in total. The number of hydrogen-bond acceptors (Lipinski definition) is 7. The molecule has 0 saturated heterocycles. The highest BCUT2D eigenvalue weighted by Gasteiger charge is 2.24. The molecule has 0 unspecified atom stereocenters. The third-order valence-electron chi connectivity index (χ3n) is 4.60. The van der Waals surface area contributed by atoms with Gasteiger partial charge in [-0.25, -0.2) is 18.0 Å². The molecule has 0 saturated carbocycles. The van der Waals surface area contributed by atoms with E-state index in [1.54, 1.807) is 12.4 Å². The summed E-state index contributed by atoms with van der Waals surface area (Å²) in [5, 5.41) is 7.55. The number of benzene rings is 1. The van der Waals surface area contributed by atoms with Gasteiger partial charge in [0, 0.05) is 31.2 Å². The van der Waals surface area contributed by atoms with Gasteiger partial charge >= 0.3 is 6.03 Å². The number of carbonyl (C=O) groups excluding carboxylic acids is 2. The maximum Gasteiger partial charge on any atom is 0.319 e.